The Morgan fingerprint density at radius 3 is 2.51 bits per heavy atom. The van der Waals surface area contributed by atoms with Crippen molar-refractivity contribution < 1.29 is 18.7 Å². The number of nitrogens with zero attached hydrogens (tertiary/aromatic N) is 1. The lowest BCUT2D eigenvalue weighted by Crippen LogP contribution is -2.44. The fourth-order valence-electron chi connectivity index (χ4n) is 4.61. The number of carbonyl (C=O) groups excluding carboxylic acids is 1. The van der Waals surface area contributed by atoms with Gasteiger partial charge in [-0.05, 0) is 48.7 Å². The van der Waals surface area contributed by atoms with Gasteiger partial charge >= 0.3 is 0 Å². The second-order valence-electron chi connectivity index (χ2n) is 8.88. The summed E-state index contributed by atoms with van der Waals surface area (Å²) >= 11 is 0. The van der Waals surface area contributed by atoms with Crippen molar-refractivity contribution in [1.29, 1.82) is 0 Å². The molecule has 1 aliphatic rings. The first kappa shape index (κ1) is 23.0. The molecule has 180 valence electrons. The summed E-state index contributed by atoms with van der Waals surface area (Å²) in [6.07, 6.45) is 1.79. The molecule has 5 rings (SSSR count). The van der Waals surface area contributed by atoms with Crippen molar-refractivity contribution in [2.45, 2.75) is 32.0 Å². The molecule has 2 heterocycles. The molecule has 1 amide bonds. The van der Waals surface area contributed by atoms with E-state index in [-0.39, 0.29) is 18.6 Å². The first-order valence-electron chi connectivity index (χ1n) is 12.0. The molecule has 0 aliphatic carbocycles. The summed E-state index contributed by atoms with van der Waals surface area (Å²) in [5.74, 6) is 1.79. The van der Waals surface area contributed by atoms with Crippen LogP contribution >= 0.6 is 0 Å². The van der Waals surface area contributed by atoms with Crippen LogP contribution in [0.1, 0.15) is 34.5 Å². The van der Waals surface area contributed by atoms with E-state index in [9.17, 15) is 4.79 Å². The lowest BCUT2D eigenvalue weighted by Gasteiger charge is -2.32. The Bertz CT molecular complexity index is 1280. The first-order chi connectivity index (χ1) is 17.2. The van der Waals surface area contributed by atoms with Crippen LogP contribution in [0.25, 0.3) is 11.0 Å². The average Bonchev–Trinajstić information content (AvgIpc) is 3.28. The SMILES string of the molecule is COc1cccc(CN2CCC(NC(=O)c3oc4ccccc4c3COc3ccccc3)CC2)c1. The summed E-state index contributed by atoms with van der Waals surface area (Å²) in [6.45, 7) is 2.99. The van der Waals surface area contributed by atoms with E-state index in [2.05, 4.69) is 22.3 Å². The van der Waals surface area contributed by atoms with Crippen LogP contribution in [0.2, 0.25) is 0 Å². The van der Waals surface area contributed by atoms with Crippen LogP contribution in [0.5, 0.6) is 11.5 Å². The number of rotatable bonds is 8. The quantitative estimate of drug-likeness (QED) is 0.373. The van der Waals surface area contributed by atoms with Crippen molar-refractivity contribution >= 4 is 16.9 Å². The maximum absolute atomic E-state index is 13.3. The molecule has 4 aromatic rings. The molecule has 0 bridgehead atoms. The largest absolute Gasteiger partial charge is 0.497 e. The number of benzene rings is 3. The number of hydrogen-bond acceptors (Lipinski definition) is 5. The number of furan rings is 1. The molecular formula is C29H30N2O4. The van der Waals surface area contributed by atoms with Gasteiger partial charge in [0.15, 0.2) is 5.76 Å². The van der Waals surface area contributed by atoms with Crippen molar-refractivity contribution in [1.82, 2.24) is 10.2 Å². The van der Waals surface area contributed by atoms with E-state index in [4.69, 9.17) is 13.9 Å². The van der Waals surface area contributed by atoms with Crippen LogP contribution in [0.4, 0.5) is 0 Å². The lowest BCUT2D eigenvalue weighted by atomic mass is 10.0. The minimum atomic E-state index is -0.181. The Morgan fingerprint density at radius 2 is 1.71 bits per heavy atom. The normalized spacial score (nSPS) is 14.7. The van der Waals surface area contributed by atoms with Crippen LogP contribution in [0, 0.1) is 0 Å². The monoisotopic (exact) mass is 470 g/mol. The molecule has 6 heteroatoms. The van der Waals surface area contributed by atoms with Gasteiger partial charge in [-0.15, -0.1) is 0 Å². The molecule has 1 saturated heterocycles. The van der Waals surface area contributed by atoms with Crippen molar-refractivity contribution in [2.75, 3.05) is 20.2 Å². The van der Waals surface area contributed by atoms with Crippen LogP contribution in [-0.4, -0.2) is 37.0 Å². The number of fused-ring (bicyclic) bond motifs is 1. The number of ether oxygens (including phenoxy) is 2. The number of para-hydroxylation sites is 2. The number of methoxy groups -OCH3 is 1. The average molecular weight is 471 g/mol. The Kier molecular flexibility index (Phi) is 7.00. The Labute approximate surface area is 205 Å². The highest BCUT2D eigenvalue weighted by molar-refractivity contribution is 5.99. The lowest BCUT2D eigenvalue weighted by molar-refractivity contribution is 0.0879. The molecular weight excluding hydrogens is 440 g/mol. The molecule has 0 spiro atoms. The number of piperidine rings is 1. The summed E-state index contributed by atoms with van der Waals surface area (Å²) in [5, 5.41) is 4.11. The zero-order chi connectivity index (χ0) is 24.0. The van der Waals surface area contributed by atoms with Gasteiger partial charge < -0.3 is 19.2 Å². The maximum Gasteiger partial charge on any atom is 0.287 e. The minimum Gasteiger partial charge on any atom is -0.497 e. The second-order valence-corrected chi connectivity index (χ2v) is 8.88. The van der Waals surface area contributed by atoms with E-state index in [1.807, 2.05) is 66.7 Å². The van der Waals surface area contributed by atoms with Crippen molar-refractivity contribution in [3.63, 3.8) is 0 Å². The Morgan fingerprint density at radius 1 is 0.971 bits per heavy atom. The third kappa shape index (κ3) is 5.49. The van der Waals surface area contributed by atoms with Crippen LogP contribution in [0.3, 0.4) is 0 Å². The van der Waals surface area contributed by atoms with E-state index in [0.717, 1.165) is 54.9 Å². The number of amides is 1. The van der Waals surface area contributed by atoms with Crippen molar-refractivity contribution in [3.8, 4) is 11.5 Å². The minimum absolute atomic E-state index is 0.111. The second kappa shape index (κ2) is 10.7. The zero-order valence-corrected chi connectivity index (χ0v) is 19.9. The Balaban J connectivity index is 1.23. The summed E-state index contributed by atoms with van der Waals surface area (Å²) in [5.41, 5.74) is 2.70. The highest BCUT2D eigenvalue weighted by atomic mass is 16.5. The van der Waals surface area contributed by atoms with Crippen LogP contribution < -0.4 is 14.8 Å². The van der Waals surface area contributed by atoms with E-state index in [1.54, 1.807) is 7.11 Å². The Hall–Kier alpha value is -3.77. The predicted molar refractivity (Wildman–Crippen MR) is 136 cm³/mol. The highest BCUT2D eigenvalue weighted by Gasteiger charge is 2.26. The van der Waals surface area contributed by atoms with Gasteiger partial charge in [0.2, 0.25) is 0 Å². The molecule has 1 aromatic heterocycles. The number of carbonyl (C=O) groups is 1. The summed E-state index contributed by atoms with van der Waals surface area (Å²) < 4.78 is 17.3. The summed E-state index contributed by atoms with van der Waals surface area (Å²) in [6, 6.07) is 25.6. The van der Waals surface area contributed by atoms with E-state index in [0.29, 0.717) is 11.3 Å². The van der Waals surface area contributed by atoms with Gasteiger partial charge in [-0.3, -0.25) is 9.69 Å². The molecule has 0 atom stereocenters. The standard InChI is InChI=1S/C29H30N2O4/c1-33-24-11-7-8-21(18-24)19-31-16-14-22(15-17-31)30-29(32)28-26(20-34-23-9-3-2-4-10-23)25-12-5-6-13-27(25)35-28/h2-13,18,22H,14-17,19-20H2,1H3,(H,30,32). The fraction of sp³-hybridized carbons (Fsp3) is 0.276. The summed E-state index contributed by atoms with van der Waals surface area (Å²) in [7, 11) is 1.69. The smallest absolute Gasteiger partial charge is 0.287 e. The molecule has 3 aromatic carbocycles. The van der Waals surface area contributed by atoms with Gasteiger partial charge in [-0.1, -0.05) is 48.5 Å². The number of nitrogens with one attached hydrogen (secondary N) is 1. The van der Waals surface area contributed by atoms with E-state index < -0.39 is 0 Å². The van der Waals surface area contributed by atoms with Gasteiger partial charge in [0, 0.05) is 36.6 Å². The zero-order valence-electron chi connectivity index (χ0n) is 19.9. The highest BCUT2D eigenvalue weighted by Crippen LogP contribution is 2.28. The van der Waals surface area contributed by atoms with Gasteiger partial charge in [0.05, 0.1) is 7.11 Å². The molecule has 35 heavy (non-hydrogen) atoms. The molecule has 0 radical (unpaired) electrons. The van der Waals surface area contributed by atoms with Gasteiger partial charge in [-0.25, -0.2) is 0 Å². The maximum atomic E-state index is 13.3. The molecule has 0 unspecified atom stereocenters. The first-order valence-corrected chi connectivity index (χ1v) is 12.0. The predicted octanol–water partition coefficient (Wildman–Crippen LogP) is 5.41. The van der Waals surface area contributed by atoms with E-state index in [1.165, 1.54) is 5.56 Å². The van der Waals surface area contributed by atoms with Crippen LogP contribution in [-0.2, 0) is 13.2 Å². The number of likely N-dealkylation sites (tertiary alicyclic amines) is 1. The molecule has 0 saturated carbocycles. The third-order valence-electron chi connectivity index (χ3n) is 6.49. The molecule has 1 aliphatic heterocycles. The van der Waals surface area contributed by atoms with Crippen molar-refractivity contribution in [3.05, 3.63) is 95.7 Å². The van der Waals surface area contributed by atoms with Gasteiger partial charge in [0.1, 0.15) is 23.7 Å². The summed E-state index contributed by atoms with van der Waals surface area (Å²) in [4.78, 5) is 15.7. The van der Waals surface area contributed by atoms with Gasteiger partial charge in [0.25, 0.3) is 5.91 Å². The fourth-order valence-corrected chi connectivity index (χ4v) is 4.61. The van der Waals surface area contributed by atoms with Crippen molar-refractivity contribution in [2.24, 2.45) is 0 Å². The molecule has 1 N–H and O–H groups in total. The van der Waals surface area contributed by atoms with E-state index >= 15 is 0 Å². The van der Waals surface area contributed by atoms with Crippen LogP contribution in [0.15, 0.2) is 83.3 Å². The van der Waals surface area contributed by atoms with Gasteiger partial charge in [-0.2, -0.15) is 0 Å². The number of hydrogen-bond donors (Lipinski definition) is 1. The third-order valence-corrected chi connectivity index (χ3v) is 6.49. The molecule has 6 nitrogen and oxygen atoms in total. The molecule has 1 fully saturated rings. The topological polar surface area (TPSA) is 63.9 Å².